The number of aromatic hydroxyl groups is 1. The molecule has 0 spiro atoms. The Morgan fingerprint density at radius 3 is 2.55 bits per heavy atom. The van der Waals surface area contributed by atoms with Gasteiger partial charge in [0, 0.05) is 5.92 Å². The maximum atomic E-state index is 12.6. The Balaban J connectivity index is 1.95. The molecule has 0 saturated carbocycles. The number of benzene rings is 2. The molecule has 0 fully saturated rings. The first-order valence-corrected chi connectivity index (χ1v) is 6.98. The fourth-order valence-corrected chi connectivity index (χ4v) is 3.15. The van der Waals surface area contributed by atoms with E-state index in [1.807, 2.05) is 50.2 Å². The third-order valence-corrected chi connectivity index (χ3v) is 4.21. The summed E-state index contributed by atoms with van der Waals surface area (Å²) in [5.74, 6) is 0.220. The highest BCUT2D eigenvalue weighted by molar-refractivity contribution is 6.05. The van der Waals surface area contributed by atoms with Crippen molar-refractivity contribution in [3.05, 3.63) is 64.2 Å². The Morgan fingerprint density at radius 2 is 1.85 bits per heavy atom. The number of Topliss-reactive ketones (excluding diaryl/α,β-unsaturated/α-hetero) is 1. The summed E-state index contributed by atoms with van der Waals surface area (Å²) in [5, 5.41) is 10.2. The Morgan fingerprint density at radius 1 is 1.15 bits per heavy atom. The molecule has 0 aromatic heterocycles. The number of ketones is 1. The summed E-state index contributed by atoms with van der Waals surface area (Å²) in [4.78, 5) is 12.6. The van der Waals surface area contributed by atoms with Gasteiger partial charge >= 0.3 is 0 Å². The molecule has 0 saturated heterocycles. The van der Waals surface area contributed by atoms with E-state index in [4.69, 9.17) is 0 Å². The van der Waals surface area contributed by atoms with E-state index >= 15 is 0 Å². The normalized spacial score (nSPS) is 17.3. The fraction of sp³-hybridized carbons (Fsp3) is 0.278. The summed E-state index contributed by atoms with van der Waals surface area (Å²) in [7, 11) is 0. The lowest BCUT2D eigenvalue weighted by Crippen LogP contribution is -2.12. The van der Waals surface area contributed by atoms with Crippen LogP contribution in [0.4, 0.5) is 0 Å². The summed E-state index contributed by atoms with van der Waals surface area (Å²) in [6.07, 6.45) is 1.48. The van der Waals surface area contributed by atoms with E-state index in [0.29, 0.717) is 5.56 Å². The molecule has 0 heterocycles. The van der Waals surface area contributed by atoms with Crippen LogP contribution in [0.3, 0.4) is 0 Å². The number of fused-ring (bicyclic) bond motifs is 1. The van der Waals surface area contributed by atoms with E-state index in [-0.39, 0.29) is 17.5 Å². The predicted octanol–water partition coefficient (Wildman–Crippen LogP) is 3.61. The van der Waals surface area contributed by atoms with Crippen molar-refractivity contribution in [3.8, 4) is 5.75 Å². The lowest BCUT2D eigenvalue weighted by molar-refractivity contribution is 0.0934. The monoisotopic (exact) mass is 266 g/mol. The zero-order valence-corrected chi connectivity index (χ0v) is 11.8. The molecule has 0 unspecified atom stereocenters. The van der Waals surface area contributed by atoms with Crippen LogP contribution < -0.4 is 0 Å². The minimum atomic E-state index is -0.0428. The van der Waals surface area contributed by atoms with Gasteiger partial charge in [-0.2, -0.15) is 0 Å². The second-order valence-corrected chi connectivity index (χ2v) is 5.67. The average molecular weight is 266 g/mol. The molecule has 1 atom stereocenters. The topological polar surface area (TPSA) is 37.3 Å². The van der Waals surface area contributed by atoms with Gasteiger partial charge in [0.15, 0.2) is 5.78 Å². The third kappa shape index (κ3) is 2.01. The van der Waals surface area contributed by atoms with Gasteiger partial charge < -0.3 is 5.11 Å². The molecule has 1 N–H and O–H groups in total. The summed E-state index contributed by atoms with van der Waals surface area (Å²) in [5.41, 5.74) is 4.66. The first-order valence-electron chi connectivity index (χ1n) is 6.98. The lowest BCUT2D eigenvalue weighted by atomic mass is 9.95. The molecule has 20 heavy (non-hydrogen) atoms. The second kappa shape index (κ2) is 4.78. The van der Waals surface area contributed by atoms with Crippen molar-refractivity contribution >= 4 is 5.78 Å². The van der Waals surface area contributed by atoms with Crippen LogP contribution in [0.2, 0.25) is 0 Å². The SMILES string of the molecule is Cc1cc(C)c2c(c1O)C(=O)[C@@H](Cc1ccccc1)C2. The number of rotatable bonds is 2. The van der Waals surface area contributed by atoms with E-state index in [9.17, 15) is 9.90 Å². The molecular formula is C18H18O2. The minimum absolute atomic E-state index is 0.0428. The summed E-state index contributed by atoms with van der Waals surface area (Å²) in [6.45, 7) is 3.86. The van der Waals surface area contributed by atoms with E-state index in [0.717, 1.165) is 29.5 Å². The van der Waals surface area contributed by atoms with Gasteiger partial charge in [-0.25, -0.2) is 0 Å². The van der Waals surface area contributed by atoms with Crippen LogP contribution in [0, 0.1) is 19.8 Å². The van der Waals surface area contributed by atoms with Crippen LogP contribution in [-0.4, -0.2) is 10.9 Å². The summed E-state index contributed by atoms with van der Waals surface area (Å²) in [6, 6.07) is 12.0. The highest BCUT2D eigenvalue weighted by Crippen LogP contribution is 2.38. The maximum absolute atomic E-state index is 12.6. The van der Waals surface area contributed by atoms with Gasteiger partial charge in [-0.3, -0.25) is 4.79 Å². The number of hydrogen-bond acceptors (Lipinski definition) is 2. The molecule has 2 nitrogen and oxygen atoms in total. The molecule has 1 aliphatic rings. The standard InChI is InChI=1S/C18H18O2/c1-11-8-12(2)17(19)16-15(11)10-14(18(16)20)9-13-6-4-3-5-7-13/h3-8,14,19H,9-10H2,1-2H3/t14-/m0/s1. The van der Waals surface area contributed by atoms with E-state index in [1.54, 1.807) is 0 Å². The van der Waals surface area contributed by atoms with Gasteiger partial charge in [-0.1, -0.05) is 36.4 Å². The van der Waals surface area contributed by atoms with Crippen LogP contribution in [-0.2, 0) is 12.8 Å². The zero-order chi connectivity index (χ0) is 14.3. The quantitative estimate of drug-likeness (QED) is 0.901. The number of hydrogen-bond donors (Lipinski definition) is 1. The van der Waals surface area contributed by atoms with Crippen molar-refractivity contribution < 1.29 is 9.90 Å². The van der Waals surface area contributed by atoms with Gasteiger partial charge in [-0.15, -0.1) is 0 Å². The number of carbonyl (C=O) groups is 1. The van der Waals surface area contributed by atoms with Crippen LogP contribution in [0.25, 0.3) is 0 Å². The van der Waals surface area contributed by atoms with Crippen LogP contribution >= 0.6 is 0 Å². The molecule has 0 amide bonds. The first-order chi connectivity index (χ1) is 9.58. The van der Waals surface area contributed by atoms with E-state index in [2.05, 4.69) is 0 Å². The Labute approximate surface area is 119 Å². The zero-order valence-electron chi connectivity index (χ0n) is 11.8. The van der Waals surface area contributed by atoms with Crippen molar-refractivity contribution in [3.63, 3.8) is 0 Å². The molecule has 2 aromatic rings. The Kier molecular flexibility index (Phi) is 3.09. The maximum Gasteiger partial charge on any atom is 0.170 e. The molecular weight excluding hydrogens is 248 g/mol. The van der Waals surface area contributed by atoms with Crippen LogP contribution in [0.1, 0.15) is 32.6 Å². The van der Waals surface area contributed by atoms with Gasteiger partial charge in [0.05, 0.1) is 5.56 Å². The largest absolute Gasteiger partial charge is 0.507 e. The molecule has 0 radical (unpaired) electrons. The highest BCUT2D eigenvalue weighted by Gasteiger charge is 2.34. The fourth-order valence-electron chi connectivity index (χ4n) is 3.15. The van der Waals surface area contributed by atoms with Crippen molar-refractivity contribution in [1.29, 1.82) is 0 Å². The average Bonchev–Trinajstić information content (AvgIpc) is 2.76. The van der Waals surface area contributed by atoms with Crippen LogP contribution in [0.15, 0.2) is 36.4 Å². The molecule has 2 heteroatoms. The molecule has 1 aliphatic carbocycles. The number of aryl methyl sites for hydroxylation is 2. The summed E-state index contributed by atoms with van der Waals surface area (Å²) < 4.78 is 0. The van der Waals surface area contributed by atoms with Crippen molar-refractivity contribution in [2.45, 2.75) is 26.7 Å². The lowest BCUT2D eigenvalue weighted by Gasteiger charge is -2.08. The Bertz CT molecular complexity index is 672. The van der Waals surface area contributed by atoms with Gasteiger partial charge in [-0.05, 0) is 48.9 Å². The van der Waals surface area contributed by atoms with E-state index in [1.165, 1.54) is 5.56 Å². The van der Waals surface area contributed by atoms with E-state index < -0.39 is 0 Å². The first kappa shape index (κ1) is 12.9. The molecule has 2 aromatic carbocycles. The minimum Gasteiger partial charge on any atom is -0.507 e. The molecule has 0 bridgehead atoms. The third-order valence-electron chi connectivity index (χ3n) is 4.21. The predicted molar refractivity (Wildman–Crippen MR) is 79.3 cm³/mol. The van der Waals surface area contributed by atoms with Crippen molar-refractivity contribution in [1.82, 2.24) is 0 Å². The Hall–Kier alpha value is -2.09. The van der Waals surface area contributed by atoms with Crippen molar-refractivity contribution in [2.75, 3.05) is 0 Å². The second-order valence-electron chi connectivity index (χ2n) is 5.67. The number of phenolic OH excluding ortho intramolecular Hbond substituents is 1. The molecule has 3 rings (SSSR count). The van der Waals surface area contributed by atoms with Crippen LogP contribution in [0.5, 0.6) is 5.75 Å². The van der Waals surface area contributed by atoms with Crippen molar-refractivity contribution in [2.24, 2.45) is 5.92 Å². The molecule has 102 valence electrons. The molecule has 0 aliphatic heterocycles. The van der Waals surface area contributed by atoms with Gasteiger partial charge in [0.1, 0.15) is 5.75 Å². The number of phenols is 1. The van der Waals surface area contributed by atoms with Gasteiger partial charge in [0.2, 0.25) is 0 Å². The van der Waals surface area contributed by atoms with Gasteiger partial charge in [0.25, 0.3) is 0 Å². The summed E-state index contributed by atoms with van der Waals surface area (Å²) >= 11 is 0. The highest BCUT2D eigenvalue weighted by atomic mass is 16.3. The number of carbonyl (C=O) groups excluding carboxylic acids is 1. The smallest absolute Gasteiger partial charge is 0.170 e.